The molecule has 0 atom stereocenters. The number of hydrogen-bond acceptors (Lipinski definition) is 6. The Morgan fingerprint density at radius 1 is 1.50 bits per heavy atom. The SMILES string of the molecule is N#Cc1cc([N+](=O)[O-])ccc1NCCCn1ccnn1. The Kier molecular flexibility index (Phi) is 4.24. The second-order valence-corrected chi connectivity index (χ2v) is 4.05. The summed E-state index contributed by atoms with van der Waals surface area (Å²) >= 11 is 0. The van der Waals surface area contributed by atoms with Crippen LogP contribution in [0.25, 0.3) is 0 Å². The number of nitro groups is 1. The molecule has 0 spiro atoms. The van der Waals surface area contributed by atoms with Gasteiger partial charge in [0.05, 0.1) is 22.4 Å². The fraction of sp³-hybridized carbons (Fsp3) is 0.250. The molecular weight excluding hydrogens is 260 g/mol. The van der Waals surface area contributed by atoms with E-state index in [1.54, 1.807) is 23.1 Å². The number of non-ortho nitro benzene ring substituents is 1. The van der Waals surface area contributed by atoms with Gasteiger partial charge in [-0.3, -0.25) is 14.8 Å². The number of nitro benzene ring substituents is 1. The van der Waals surface area contributed by atoms with Gasteiger partial charge in [0.2, 0.25) is 0 Å². The Balaban J connectivity index is 1.92. The molecule has 0 aliphatic heterocycles. The topological polar surface area (TPSA) is 110 Å². The van der Waals surface area contributed by atoms with Gasteiger partial charge in [0.15, 0.2) is 0 Å². The van der Waals surface area contributed by atoms with E-state index in [-0.39, 0.29) is 11.3 Å². The lowest BCUT2D eigenvalue weighted by Gasteiger charge is -2.07. The maximum Gasteiger partial charge on any atom is 0.270 e. The fourth-order valence-electron chi connectivity index (χ4n) is 1.71. The minimum atomic E-state index is -0.519. The summed E-state index contributed by atoms with van der Waals surface area (Å²) < 4.78 is 1.71. The lowest BCUT2D eigenvalue weighted by molar-refractivity contribution is -0.384. The Bertz CT molecular complexity index is 632. The molecule has 0 saturated heterocycles. The summed E-state index contributed by atoms with van der Waals surface area (Å²) in [5, 5.41) is 30.3. The molecule has 2 rings (SSSR count). The van der Waals surface area contributed by atoms with Crippen molar-refractivity contribution in [2.45, 2.75) is 13.0 Å². The normalized spacial score (nSPS) is 9.95. The molecule has 0 aliphatic rings. The van der Waals surface area contributed by atoms with Gasteiger partial charge in [0.1, 0.15) is 6.07 Å². The van der Waals surface area contributed by atoms with E-state index in [4.69, 9.17) is 5.26 Å². The van der Waals surface area contributed by atoms with Crippen molar-refractivity contribution in [1.82, 2.24) is 15.0 Å². The van der Waals surface area contributed by atoms with E-state index in [0.29, 0.717) is 18.8 Å². The highest BCUT2D eigenvalue weighted by Gasteiger charge is 2.10. The van der Waals surface area contributed by atoms with Crippen LogP contribution in [-0.4, -0.2) is 26.5 Å². The van der Waals surface area contributed by atoms with Crippen LogP contribution >= 0.6 is 0 Å². The van der Waals surface area contributed by atoms with Crippen LogP contribution in [-0.2, 0) is 6.54 Å². The summed E-state index contributed by atoms with van der Waals surface area (Å²) in [5.74, 6) is 0. The lowest BCUT2D eigenvalue weighted by Crippen LogP contribution is -2.08. The lowest BCUT2D eigenvalue weighted by atomic mass is 10.1. The zero-order chi connectivity index (χ0) is 14.4. The third-order valence-corrected chi connectivity index (χ3v) is 2.69. The van der Waals surface area contributed by atoms with Gasteiger partial charge in [-0.15, -0.1) is 5.10 Å². The number of aromatic nitrogens is 3. The van der Waals surface area contributed by atoms with Crippen molar-refractivity contribution in [3.05, 3.63) is 46.3 Å². The van der Waals surface area contributed by atoms with Crippen molar-refractivity contribution in [1.29, 1.82) is 5.26 Å². The molecule has 1 aromatic carbocycles. The van der Waals surface area contributed by atoms with E-state index in [2.05, 4.69) is 15.6 Å². The van der Waals surface area contributed by atoms with Gasteiger partial charge in [-0.05, 0) is 12.5 Å². The first kappa shape index (κ1) is 13.5. The number of aryl methyl sites for hydroxylation is 1. The molecule has 0 bridgehead atoms. The van der Waals surface area contributed by atoms with Crippen molar-refractivity contribution in [2.24, 2.45) is 0 Å². The maximum absolute atomic E-state index is 10.6. The molecule has 0 saturated carbocycles. The average molecular weight is 272 g/mol. The minimum Gasteiger partial charge on any atom is -0.384 e. The first-order valence-corrected chi connectivity index (χ1v) is 5.97. The van der Waals surface area contributed by atoms with Gasteiger partial charge in [0.25, 0.3) is 5.69 Å². The molecule has 0 aliphatic carbocycles. The van der Waals surface area contributed by atoms with Gasteiger partial charge < -0.3 is 5.32 Å². The van der Waals surface area contributed by atoms with Gasteiger partial charge in [0, 0.05) is 31.4 Å². The van der Waals surface area contributed by atoms with Crippen LogP contribution < -0.4 is 5.32 Å². The molecule has 0 unspecified atom stereocenters. The van der Waals surface area contributed by atoms with Crippen LogP contribution in [0.1, 0.15) is 12.0 Å². The first-order chi connectivity index (χ1) is 9.70. The molecule has 8 nitrogen and oxygen atoms in total. The standard InChI is InChI=1S/C12H12N6O2/c13-9-10-8-11(18(19)20)2-3-12(10)14-4-1-6-17-7-5-15-16-17/h2-3,5,7-8,14H,1,4,6H2. The molecular formula is C12H12N6O2. The van der Waals surface area contributed by atoms with Crippen LogP contribution in [0.2, 0.25) is 0 Å². The number of nitrogens with zero attached hydrogens (tertiary/aromatic N) is 5. The fourth-order valence-corrected chi connectivity index (χ4v) is 1.71. The smallest absolute Gasteiger partial charge is 0.270 e. The summed E-state index contributed by atoms with van der Waals surface area (Å²) in [4.78, 5) is 10.1. The molecule has 0 fully saturated rings. The number of hydrogen-bond donors (Lipinski definition) is 1. The Hall–Kier alpha value is -2.95. The largest absolute Gasteiger partial charge is 0.384 e. The monoisotopic (exact) mass is 272 g/mol. The van der Waals surface area contributed by atoms with Crippen LogP contribution in [0, 0.1) is 21.4 Å². The molecule has 20 heavy (non-hydrogen) atoms. The molecule has 8 heteroatoms. The summed E-state index contributed by atoms with van der Waals surface area (Å²) in [5.41, 5.74) is 0.770. The van der Waals surface area contributed by atoms with Gasteiger partial charge >= 0.3 is 0 Å². The second kappa shape index (κ2) is 6.29. The molecule has 0 amide bonds. The zero-order valence-electron chi connectivity index (χ0n) is 10.6. The van der Waals surface area contributed by atoms with E-state index in [1.807, 2.05) is 6.07 Å². The van der Waals surface area contributed by atoms with E-state index in [0.717, 1.165) is 6.42 Å². The molecule has 1 N–H and O–H groups in total. The molecule has 1 heterocycles. The summed E-state index contributed by atoms with van der Waals surface area (Å²) in [6, 6.07) is 6.14. The summed E-state index contributed by atoms with van der Waals surface area (Å²) in [6.07, 6.45) is 4.18. The maximum atomic E-state index is 10.6. The van der Waals surface area contributed by atoms with Crippen LogP contribution in [0.15, 0.2) is 30.6 Å². The highest BCUT2D eigenvalue weighted by molar-refractivity contribution is 5.61. The zero-order valence-corrected chi connectivity index (χ0v) is 10.6. The predicted octanol–water partition coefficient (Wildman–Crippen LogP) is 1.56. The molecule has 2 aromatic rings. The third kappa shape index (κ3) is 3.29. The predicted molar refractivity (Wildman–Crippen MR) is 70.9 cm³/mol. The van der Waals surface area contributed by atoms with E-state index < -0.39 is 4.92 Å². The van der Waals surface area contributed by atoms with Gasteiger partial charge in [-0.1, -0.05) is 5.21 Å². The van der Waals surface area contributed by atoms with E-state index >= 15 is 0 Å². The Morgan fingerprint density at radius 3 is 3.00 bits per heavy atom. The van der Waals surface area contributed by atoms with Crippen LogP contribution in [0.5, 0.6) is 0 Å². The van der Waals surface area contributed by atoms with Gasteiger partial charge in [-0.25, -0.2) is 0 Å². The summed E-state index contributed by atoms with van der Waals surface area (Å²) in [6.45, 7) is 1.34. The number of benzene rings is 1. The average Bonchev–Trinajstić information content (AvgIpc) is 2.96. The Morgan fingerprint density at radius 2 is 2.35 bits per heavy atom. The Labute approximate surface area is 114 Å². The van der Waals surface area contributed by atoms with Crippen molar-refractivity contribution in [2.75, 3.05) is 11.9 Å². The quantitative estimate of drug-likeness (QED) is 0.485. The third-order valence-electron chi connectivity index (χ3n) is 2.69. The van der Waals surface area contributed by atoms with E-state index in [1.165, 1.54) is 12.1 Å². The van der Waals surface area contributed by atoms with Gasteiger partial charge in [-0.2, -0.15) is 5.26 Å². The van der Waals surface area contributed by atoms with Crippen molar-refractivity contribution in [3.8, 4) is 6.07 Å². The highest BCUT2D eigenvalue weighted by atomic mass is 16.6. The van der Waals surface area contributed by atoms with Crippen LogP contribution in [0.4, 0.5) is 11.4 Å². The number of nitriles is 1. The van der Waals surface area contributed by atoms with Crippen molar-refractivity contribution in [3.63, 3.8) is 0 Å². The van der Waals surface area contributed by atoms with E-state index in [9.17, 15) is 10.1 Å². The molecule has 0 radical (unpaired) electrons. The molecule has 1 aromatic heterocycles. The number of anilines is 1. The van der Waals surface area contributed by atoms with Crippen molar-refractivity contribution < 1.29 is 4.92 Å². The van der Waals surface area contributed by atoms with Crippen LogP contribution in [0.3, 0.4) is 0 Å². The second-order valence-electron chi connectivity index (χ2n) is 4.05. The highest BCUT2D eigenvalue weighted by Crippen LogP contribution is 2.21. The van der Waals surface area contributed by atoms with Crippen molar-refractivity contribution >= 4 is 11.4 Å². The number of nitrogens with one attached hydrogen (secondary N) is 1. The number of rotatable bonds is 6. The first-order valence-electron chi connectivity index (χ1n) is 5.97. The minimum absolute atomic E-state index is 0.0882. The molecule has 102 valence electrons. The summed E-state index contributed by atoms with van der Waals surface area (Å²) in [7, 11) is 0.